The van der Waals surface area contributed by atoms with Crippen molar-refractivity contribution in [1.29, 1.82) is 0 Å². The molecule has 2 aromatic carbocycles. The first kappa shape index (κ1) is 20.2. The Morgan fingerprint density at radius 3 is 2.30 bits per heavy atom. The number of nitrogens with one attached hydrogen (secondary N) is 2. The van der Waals surface area contributed by atoms with E-state index in [9.17, 15) is 18.4 Å². The molecule has 0 bridgehead atoms. The van der Waals surface area contributed by atoms with Gasteiger partial charge in [0.15, 0.2) is 11.5 Å². The first-order chi connectivity index (χ1) is 12.9. The normalized spacial score (nSPS) is 10.4. The lowest BCUT2D eigenvalue weighted by Gasteiger charge is -2.12. The first-order valence-electron chi connectivity index (χ1n) is 8.12. The Balaban J connectivity index is 1.90. The van der Waals surface area contributed by atoms with Crippen LogP contribution in [-0.4, -0.2) is 25.5 Å². The molecule has 8 heteroatoms. The second kappa shape index (κ2) is 9.51. The second-order valence-corrected chi connectivity index (χ2v) is 5.70. The minimum absolute atomic E-state index is 0.0677. The number of benzene rings is 2. The molecule has 0 atom stereocenters. The van der Waals surface area contributed by atoms with Gasteiger partial charge in [-0.25, -0.2) is 0 Å². The molecule has 0 unspecified atom stereocenters. The van der Waals surface area contributed by atoms with Crippen LogP contribution < -0.4 is 20.1 Å². The number of rotatable bonds is 8. The van der Waals surface area contributed by atoms with Crippen LogP contribution >= 0.6 is 0 Å². The number of methoxy groups -OCH3 is 1. The van der Waals surface area contributed by atoms with Crippen LogP contribution in [-0.2, 0) is 22.6 Å². The fourth-order valence-corrected chi connectivity index (χ4v) is 2.37. The highest BCUT2D eigenvalue weighted by molar-refractivity contribution is 5.88. The quantitative estimate of drug-likeness (QED) is 0.740. The SMILES string of the molecule is COc1cc(CNC(=O)Cc2ccc(NC(C)=O)cc2)ccc1OC(F)F. The van der Waals surface area contributed by atoms with Crippen LogP contribution in [0, 0.1) is 0 Å². The lowest BCUT2D eigenvalue weighted by atomic mass is 10.1. The standard InChI is InChI=1S/C19H20F2N2O4/c1-12(24)23-15-6-3-13(4-7-15)10-18(25)22-11-14-5-8-16(27-19(20)21)17(9-14)26-2/h3-9,19H,10-11H2,1-2H3,(H,22,25)(H,23,24). The van der Waals surface area contributed by atoms with Gasteiger partial charge < -0.3 is 20.1 Å². The van der Waals surface area contributed by atoms with Crippen molar-refractivity contribution in [3.8, 4) is 11.5 Å². The van der Waals surface area contributed by atoms with Crippen molar-refractivity contribution in [1.82, 2.24) is 5.32 Å². The molecule has 0 aliphatic carbocycles. The predicted octanol–water partition coefficient (Wildman–Crippen LogP) is 3.11. The summed E-state index contributed by atoms with van der Waals surface area (Å²) in [4.78, 5) is 23.1. The van der Waals surface area contributed by atoms with E-state index in [2.05, 4.69) is 15.4 Å². The third-order valence-electron chi connectivity index (χ3n) is 3.57. The Hall–Kier alpha value is -3.16. The Bertz CT molecular complexity index is 795. The van der Waals surface area contributed by atoms with E-state index in [1.165, 1.54) is 26.2 Å². The van der Waals surface area contributed by atoms with Crippen molar-refractivity contribution in [2.75, 3.05) is 12.4 Å². The van der Waals surface area contributed by atoms with Crippen LogP contribution in [0.1, 0.15) is 18.1 Å². The van der Waals surface area contributed by atoms with Crippen LogP contribution in [0.3, 0.4) is 0 Å². The largest absolute Gasteiger partial charge is 0.493 e. The first-order valence-corrected chi connectivity index (χ1v) is 8.12. The van der Waals surface area contributed by atoms with Gasteiger partial charge in [0.1, 0.15) is 0 Å². The molecule has 6 nitrogen and oxygen atoms in total. The number of halogens is 2. The predicted molar refractivity (Wildman–Crippen MR) is 95.9 cm³/mol. The van der Waals surface area contributed by atoms with Crippen LogP contribution in [0.2, 0.25) is 0 Å². The van der Waals surface area contributed by atoms with Gasteiger partial charge in [-0.3, -0.25) is 9.59 Å². The highest BCUT2D eigenvalue weighted by Crippen LogP contribution is 2.29. The summed E-state index contributed by atoms with van der Waals surface area (Å²) in [6.07, 6.45) is 0.171. The molecule has 144 valence electrons. The molecule has 0 aromatic heterocycles. The molecule has 0 heterocycles. The maximum Gasteiger partial charge on any atom is 0.387 e. The van der Waals surface area contributed by atoms with Crippen LogP contribution in [0.5, 0.6) is 11.5 Å². The summed E-state index contributed by atoms with van der Waals surface area (Å²) in [5.41, 5.74) is 2.13. The highest BCUT2D eigenvalue weighted by atomic mass is 19.3. The van der Waals surface area contributed by atoms with E-state index < -0.39 is 6.61 Å². The fraction of sp³-hybridized carbons (Fsp3) is 0.263. The minimum atomic E-state index is -2.94. The van der Waals surface area contributed by atoms with Crippen molar-refractivity contribution >= 4 is 17.5 Å². The van der Waals surface area contributed by atoms with E-state index in [0.29, 0.717) is 11.3 Å². The third-order valence-corrected chi connectivity index (χ3v) is 3.57. The summed E-state index contributed by atoms with van der Waals surface area (Å²) in [5, 5.41) is 5.40. The van der Waals surface area contributed by atoms with Crippen molar-refractivity contribution in [2.45, 2.75) is 26.5 Å². The molecule has 2 amide bonds. The fourth-order valence-electron chi connectivity index (χ4n) is 2.37. The number of anilines is 1. The average Bonchev–Trinajstić information content (AvgIpc) is 2.61. The summed E-state index contributed by atoms with van der Waals surface area (Å²) in [6.45, 7) is -1.31. The zero-order valence-corrected chi connectivity index (χ0v) is 14.9. The molecule has 0 aliphatic heterocycles. The molecule has 0 fully saturated rings. The zero-order valence-electron chi connectivity index (χ0n) is 14.9. The van der Waals surface area contributed by atoms with Gasteiger partial charge in [0, 0.05) is 19.2 Å². The molecule has 2 aromatic rings. The van der Waals surface area contributed by atoms with Gasteiger partial charge in [-0.1, -0.05) is 18.2 Å². The molecule has 2 N–H and O–H groups in total. The maximum atomic E-state index is 12.3. The lowest BCUT2D eigenvalue weighted by molar-refractivity contribution is -0.120. The van der Waals surface area contributed by atoms with E-state index >= 15 is 0 Å². The molecule has 2 rings (SSSR count). The molecular weight excluding hydrogens is 358 g/mol. The summed E-state index contributed by atoms with van der Waals surface area (Å²) < 4.78 is 34.0. The monoisotopic (exact) mass is 378 g/mol. The van der Waals surface area contributed by atoms with E-state index in [4.69, 9.17) is 4.74 Å². The number of carbonyl (C=O) groups excluding carboxylic acids is 2. The smallest absolute Gasteiger partial charge is 0.387 e. The van der Waals surface area contributed by atoms with E-state index in [1.807, 2.05) is 0 Å². The molecule has 0 saturated heterocycles. The molecule has 0 saturated carbocycles. The van der Waals surface area contributed by atoms with Gasteiger partial charge >= 0.3 is 6.61 Å². The molecule has 0 radical (unpaired) electrons. The van der Waals surface area contributed by atoms with Gasteiger partial charge in [0.05, 0.1) is 13.5 Å². The Morgan fingerprint density at radius 2 is 1.70 bits per heavy atom. The van der Waals surface area contributed by atoms with Crippen LogP contribution in [0.15, 0.2) is 42.5 Å². The highest BCUT2D eigenvalue weighted by Gasteiger charge is 2.11. The summed E-state index contributed by atoms with van der Waals surface area (Å²) in [5.74, 6) is -0.271. The van der Waals surface area contributed by atoms with Crippen LogP contribution in [0.25, 0.3) is 0 Å². The van der Waals surface area contributed by atoms with Gasteiger partial charge in [0.25, 0.3) is 0 Å². The third kappa shape index (κ3) is 6.58. The van der Waals surface area contributed by atoms with Gasteiger partial charge in [-0.05, 0) is 35.4 Å². The Kier molecular flexibility index (Phi) is 7.10. The Labute approximate surface area is 155 Å². The van der Waals surface area contributed by atoms with Crippen LogP contribution in [0.4, 0.5) is 14.5 Å². The zero-order chi connectivity index (χ0) is 19.8. The number of alkyl halides is 2. The number of hydrogen-bond acceptors (Lipinski definition) is 4. The molecule has 27 heavy (non-hydrogen) atoms. The maximum absolute atomic E-state index is 12.3. The number of ether oxygens (including phenoxy) is 2. The van der Waals surface area contributed by atoms with Crippen molar-refractivity contribution in [3.05, 3.63) is 53.6 Å². The minimum Gasteiger partial charge on any atom is -0.493 e. The topological polar surface area (TPSA) is 76.7 Å². The summed E-state index contributed by atoms with van der Waals surface area (Å²) in [7, 11) is 1.35. The lowest BCUT2D eigenvalue weighted by Crippen LogP contribution is -2.24. The molecule has 0 spiro atoms. The summed E-state index contributed by atoms with van der Waals surface area (Å²) >= 11 is 0. The average molecular weight is 378 g/mol. The van der Waals surface area contributed by atoms with Gasteiger partial charge in [-0.2, -0.15) is 8.78 Å². The van der Waals surface area contributed by atoms with Crippen molar-refractivity contribution in [3.63, 3.8) is 0 Å². The number of hydrogen-bond donors (Lipinski definition) is 2. The second-order valence-electron chi connectivity index (χ2n) is 5.70. The molecule has 0 aliphatic rings. The van der Waals surface area contributed by atoms with E-state index in [0.717, 1.165) is 5.56 Å². The number of carbonyl (C=O) groups is 2. The van der Waals surface area contributed by atoms with E-state index in [-0.39, 0.29) is 36.3 Å². The van der Waals surface area contributed by atoms with E-state index in [1.54, 1.807) is 30.3 Å². The van der Waals surface area contributed by atoms with Gasteiger partial charge in [-0.15, -0.1) is 0 Å². The summed E-state index contributed by atoms with van der Waals surface area (Å²) in [6, 6.07) is 11.4. The number of amides is 2. The van der Waals surface area contributed by atoms with Crippen molar-refractivity contribution < 1.29 is 27.8 Å². The van der Waals surface area contributed by atoms with Crippen molar-refractivity contribution in [2.24, 2.45) is 0 Å². The van der Waals surface area contributed by atoms with Gasteiger partial charge in [0.2, 0.25) is 11.8 Å². The Morgan fingerprint density at radius 1 is 1.04 bits per heavy atom. The molecular formula is C19H20F2N2O4.